The highest BCUT2D eigenvalue weighted by atomic mass is 16.6. The first-order valence-electron chi connectivity index (χ1n) is 6.33. The van der Waals surface area contributed by atoms with Crippen LogP contribution in [0.15, 0.2) is 0 Å². The molecule has 0 radical (unpaired) electrons. The molecule has 0 aromatic rings. The molecular formula is C13H25NO2. The zero-order valence-electron chi connectivity index (χ0n) is 11.2. The van der Waals surface area contributed by atoms with E-state index in [4.69, 9.17) is 4.74 Å². The molecule has 16 heavy (non-hydrogen) atoms. The minimum Gasteiger partial charge on any atom is -0.444 e. The minimum atomic E-state index is -0.393. The summed E-state index contributed by atoms with van der Waals surface area (Å²) in [5, 5.41) is 0. The molecule has 0 aromatic carbocycles. The van der Waals surface area contributed by atoms with Gasteiger partial charge in [-0.05, 0) is 46.5 Å². The van der Waals surface area contributed by atoms with Crippen molar-refractivity contribution < 1.29 is 9.53 Å². The van der Waals surface area contributed by atoms with Gasteiger partial charge in [0.15, 0.2) is 0 Å². The van der Waals surface area contributed by atoms with Gasteiger partial charge < -0.3 is 9.64 Å². The van der Waals surface area contributed by atoms with Crippen LogP contribution in [0, 0.1) is 5.92 Å². The Bertz CT molecular complexity index is 245. The van der Waals surface area contributed by atoms with E-state index in [0.717, 1.165) is 19.4 Å². The minimum absolute atomic E-state index is 0.154. The summed E-state index contributed by atoms with van der Waals surface area (Å²) in [6.07, 6.45) is 3.32. The van der Waals surface area contributed by atoms with E-state index in [2.05, 4.69) is 13.8 Å². The number of hydrogen-bond donors (Lipinski definition) is 0. The fourth-order valence-corrected chi connectivity index (χ4v) is 2.09. The molecule has 0 unspecified atom stereocenters. The molecule has 0 aliphatic carbocycles. The number of likely N-dealkylation sites (tertiary alicyclic amines) is 1. The van der Waals surface area contributed by atoms with Gasteiger partial charge in [0, 0.05) is 12.6 Å². The van der Waals surface area contributed by atoms with Crippen LogP contribution in [-0.2, 0) is 4.74 Å². The number of amides is 1. The van der Waals surface area contributed by atoms with Gasteiger partial charge in [0.2, 0.25) is 0 Å². The van der Waals surface area contributed by atoms with Gasteiger partial charge in [0.1, 0.15) is 5.60 Å². The van der Waals surface area contributed by atoms with Gasteiger partial charge in [0.25, 0.3) is 0 Å². The second-order valence-electron chi connectivity index (χ2n) is 5.83. The van der Waals surface area contributed by atoms with Crippen LogP contribution in [0.1, 0.15) is 53.9 Å². The van der Waals surface area contributed by atoms with Crippen LogP contribution in [0.2, 0.25) is 0 Å². The lowest BCUT2D eigenvalue weighted by Crippen LogP contribution is -2.47. The zero-order valence-corrected chi connectivity index (χ0v) is 11.2. The Morgan fingerprint density at radius 2 is 2.00 bits per heavy atom. The molecule has 0 N–H and O–H groups in total. The average Bonchev–Trinajstić information content (AvgIpc) is 2.15. The number of carbonyl (C=O) groups is 1. The largest absolute Gasteiger partial charge is 0.444 e. The highest BCUT2D eigenvalue weighted by Gasteiger charge is 2.31. The molecule has 94 valence electrons. The molecule has 3 heteroatoms. The third-order valence-electron chi connectivity index (χ3n) is 3.19. The Hall–Kier alpha value is -0.730. The van der Waals surface area contributed by atoms with Crippen molar-refractivity contribution in [3.05, 3.63) is 0 Å². The lowest BCUT2D eigenvalue weighted by molar-refractivity contribution is 0.00518. The van der Waals surface area contributed by atoms with E-state index in [1.165, 1.54) is 6.42 Å². The number of rotatable bonds is 1. The molecule has 1 aliphatic rings. The summed E-state index contributed by atoms with van der Waals surface area (Å²) in [7, 11) is 0. The Kier molecular flexibility index (Phi) is 4.22. The van der Waals surface area contributed by atoms with E-state index in [1.54, 1.807) is 0 Å². The highest BCUT2D eigenvalue weighted by Crippen LogP contribution is 2.25. The number of carbonyl (C=O) groups excluding carboxylic acids is 1. The van der Waals surface area contributed by atoms with Crippen molar-refractivity contribution >= 4 is 6.09 Å². The van der Waals surface area contributed by atoms with Gasteiger partial charge in [-0.1, -0.05) is 13.3 Å². The molecule has 0 saturated carbocycles. The van der Waals surface area contributed by atoms with Crippen LogP contribution in [0.25, 0.3) is 0 Å². The van der Waals surface area contributed by atoms with Gasteiger partial charge in [0.05, 0.1) is 0 Å². The number of piperidine rings is 1. The van der Waals surface area contributed by atoms with Crippen molar-refractivity contribution in [2.45, 2.75) is 65.5 Å². The molecule has 0 bridgehead atoms. The number of ether oxygens (including phenoxy) is 1. The van der Waals surface area contributed by atoms with E-state index >= 15 is 0 Å². The van der Waals surface area contributed by atoms with Gasteiger partial charge in [-0.2, -0.15) is 0 Å². The van der Waals surface area contributed by atoms with Crippen molar-refractivity contribution in [2.75, 3.05) is 6.54 Å². The average molecular weight is 227 g/mol. The Morgan fingerprint density at radius 1 is 1.38 bits per heavy atom. The summed E-state index contributed by atoms with van der Waals surface area (Å²) in [6, 6.07) is 0.317. The molecule has 0 aromatic heterocycles. The summed E-state index contributed by atoms with van der Waals surface area (Å²) in [5.74, 6) is 0.642. The Labute approximate surface area is 99.1 Å². The predicted molar refractivity (Wildman–Crippen MR) is 65.4 cm³/mol. The van der Waals surface area contributed by atoms with Crippen molar-refractivity contribution in [1.29, 1.82) is 0 Å². The lowest BCUT2D eigenvalue weighted by Gasteiger charge is -2.38. The Morgan fingerprint density at radius 3 is 2.50 bits per heavy atom. The van der Waals surface area contributed by atoms with Gasteiger partial charge in [-0.3, -0.25) is 0 Å². The molecule has 3 nitrogen and oxygen atoms in total. The maximum atomic E-state index is 12.0. The van der Waals surface area contributed by atoms with Crippen LogP contribution in [0.5, 0.6) is 0 Å². The van der Waals surface area contributed by atoms with Crippen molar-refractivity contribution in [1.82, 2.24) is 4.90 Å². The molecule has 1 saturated heterocycles. The van der Waals surface area contributed by atoms with E-state index in [1.807, 2.05) is 25.7 Å². The highest BCUT2D eigenvalue weighted by molar-refractivity contribution is 5.68. The lowest BCUT2D eigenvalue weighted by atomic mass is 9.92. The zero-order chi connectivity index (χ0) is 12.3. The van der Waals surface area contributed by atoms with Crippen LogP contribution >= 0.6 is 0 Å². The predicted octanol–water partition coefficient (Wildman–Crippen LogP) is 3.43. The molecule has 1 fully saturated rings. The number of hydrogen-bond acceptors (Lipinski definition) is 2. The summed E-state index contributed by atoms with van der Waals surface area (Å²) < 4.78 is 5.43. The summed E-state index contributed by atoms with van der Waals surface area (Å²) >= 11 is 0. The first-order valence-corrected chi connectivity index (χ1v) is 6.33. The molecule has 1 aliphatic heterocycles. The van der Waals surface area contributed by atoms with Crippen LogP contribution in [0.3, 0.4) is 0 Å². The quantitative estimate of drug-likeness (QED) is 0.687. The topological polar surface area (TPSA) is 29.5 Å². The Balaban J connectivity index is 2.59. The molecule has 1 rings (SSSR count). The van der Waals surface area contributed by atoms with Crippen LogP contribution in [-0.4, -0.2) is 29.2 Å². The second-order valence-corrected chi connectivity index (χ2v) is 5.83. The van der Waals surface area contributed by atoms with Crippen LogP contribution in [0.4, 0.5) is 4.79 Å². The summed E-state index contributed by atoms with van der Waals surface area (Å²) in [5.41, 5.74) is -0.393. The second kappa shape index (κ2) is 5.07. The summed E-state index contributed by atoms with van der Waals surface area (Å²) in [4.78, 5) is 13.9. The van der Waals surface area contributed by atoms with E-state index in [0.29, 0.717) is 12.0 Å². The molecule has 1 amide bonds. The molecule has 1 heterocycles. The molecule has 2 atom stereocenters. The first kappa shape index (κ1) is 13.3. The normalized spacial score (nSPS) is 26.7. The fourth-order valence-electron chi connectivity index (χ4n) is 2.09. The van der Waals surface area contributed by atoms with E-state index in [-0.39, 0.29) is 6.09 Å². The fraction of sp³-hybridized carbons (Fsp3) is 0.923. The standard InChI is InChI=1S/C13H25NO2/c1-6-11-8-7-10(2)14(9-11)12(15)16-13(3,4)5/h10-11H,6-9H2,1-5H3/t10-,11-/m1/s1. The monoisotopic (exact) mass is 227 g/mol. The third-order valence-corrected chi connectivity index (χ3v) is 3.19. The van der Waals surface area contributed by atoms with Crippen molar-refractivity contribution in [3.8, 4) is 0 Å². The van der Waals surface area contributed by atoms with E-state index < -0.39 is 5.60 Å². The SMILES string of the molecule is CC[C@@H]1CC[C@@H](C)N(C(=O)OC(C)(C)C)C1. The molecular weight excluding hydrogens is 202 g/mol. The first-order chi connectivity index (χ1) is 7.33. The smallest absolute Gasteiger partial charge is 0.410 e. The maximum Gasteiger partial charge on any atom is 0.410 e. The maximum absolute atomic E-state index is 12.0. The van der Waals surface area contributed by atoms with Crippen molar-refractivity contribution in [3.63, 3.8) is 0 Å². The van der Waals surface area contributed by atoms with Gasteiger partial charge >= 0.3 is 6.09 Å². The van der Waals surface area contributed by atoms with Crippen LogP contribution < -0.4 is 0 Å². The van der Waals surface area contributed by atoms with Gasteiger partial charge in [-0.15, -0.1) is 0 Å². The van der Waals surface area contributed by atoms with Crippen molar-refractivity contribution in [2.24, 2.45) is 5.92 Å². The van der Waals surface area contributed by atoms with E-state index in [9.17, 15) is 4.79 Å². The number of nitrogens with zero attached hydrogens (tertiary/aromatic N) is 1. The third kappa shape index (κ3) is 3.69. The molecule has 0 spiro atoms. The van der Waals surface area contributed by atoms with Gasteiger partial charge in [-0.25, -0.2) is 4.79 Å². The summed E-state index contributed by atoms with van der Waals surface area (Å²) in [6.45, 7) is 10.9.